The molecule has 1 heterocycles. The molecule has 2 aliphatic rings. The van der Waals surface area contributed by atoms with Crippen LogP contribution in [0.15, 0.2) is 42.5 Å². The van der Waals surface area contributed by atoms with Crippen molar-refractivity contribution in [2.75, 3.05) is 13.7 Å². The summed E-state index contributed by atoms with van der Waals surface area (Å²) in [6.45, 7) is 5.64. The molecule has 126 valence electrons. The first-order valence-electron chi connectivity index (χ1n) is 9.20. The number of methoxy groups -OCH3 is 1. The monoisotopic (exact) mass is 321 g/mol. The molecule has 1 aliphatic carbocycles. The van der Waals surface area contributed by atoms with Gasteiger partial charge in [-0.1, -0.05) is 44.2 Å². The fourth-order valence-electron chi connectivity index (χ4n) is 4.59. The Bertz CT molecular complexity index is 719. The van der Waals surface area contributed by atoms with Crippen LogP contribution in [0.1, 0.15) is 66.8 Å². The van der Waals surface area contributed by atoms with E-state index in [0.29, 0.717) is 23.8 Å². The van der Waals surface area contributed by atoms with Gasteiger partial charge in [0.2, 0.25) is 0 Å². The van der Waals surface area contributed by atoms with Crippen LogP contribution < -0.4 is 10.1 Å². The molecule has 0 spiro atoms. The van der Waals surface area contributed by atoms with Gasteiger partial charge in [-0.05, 0) is 65.6 Å². The SMILES string of the molecule is COc1ccc2c(c1)[C@H](c1ccc(C(C)C)cc1)[C@@H]1CCCN[C@H]21. The summed E-state index contributed by atoms with van der Waals surface area (Å²) >= 11 is 0. The molecule has 2 nitrogen and oxygen atoms in total. The lowest BCUT2D eigenvalue weighted by molar-refractivity contribution is 0.287. The van der Waals surface area contributed by atoms with Gasteiger partial charge in [0.05, 0.1) is 7.11 Å². The van der Waals surface area contributed by atoms with Crippen LogP contribution in [0.5, 0.6) is 5.75 Å². The molecule has 1 fully saturated rings. The molecule has 0 saturated carbocycles. The van der Waals surface area contributed by atoms with Crippen molar-refractivity contribution in [2.24, 2.45) is 5.92 Å². The molecule has 1 saturated heterocycles. The average Bonchev–Trinajstić information content (AvgIpc) is 2.95. The fraction of sp³-hybridized carbons (Fsp3) is 0.455. The third kappa shape index (κ3) is 2.53. The molecule has 3 atom stereocenters. The quantitative estimate of drug-likeness (QED) is 0.858. The Labute approximate surface area is 145 Å². The second-order valence-corrected chi connectivity index (χ2v) is 7.53. The Morgan fingerprint density at radius 2 is 1.83 bits per heavy atom. The maximum absolute atomic E-state index is 5.51. The molecular weight excluding hydrogens is 294 g/mol. The summed E-state index contributed by atoms with van der Waals surface area (Å²) in [6.07, 6.45) is 2.57. The molecule has 2 heteroatoms. The third-order valence-electron chi connectivity index (χ3n) is 5.86. The summed E-state index contributed by atoms with van der Waals surface area (Å²) in [6, 6.07) is 16.4. The molecule has 0 unspecified atom stereocenters. The smallest absolute Gasteiger partial charge is 0.119 e. The van der Waals surface area contributed by atoms with Crippen molar-refractivity contribution in [3.63, 3.8) is 0 Å². The normalized spacial score (nSPS) is 25.4. The molecule has 4 rings (SSSR count). The van der Waals surface area contributed by atoms with E-state index in [0.717, 1.165) is 12.3 Å². The number of hydrogen-bond acceptors (Lipinski definition) is 2. The second kappa shape index (κ2) is 6.25. The Kier molecular flexibility index (Phi) is 4.09. The van der Waals surface area contributed by atoms with Crippen LogP contribution in [0, 0.1) is 5.92 Å². The van der Waals surface area contributed by atoms with Gasteiger partial charge in [-0.25, -0.2) is 0 Å². The highest BCUT2D eigenvalue weighted by Gasteiger charge is 2.42. The maximum atomic E-state index is 5.51. The predicted octanol–water partition coefficient (Wildman–Crippen LogP) is 5.00. The molecule has 24 heavy (non-hydrogen) atoms. The molecule has 1 aliphatic heterocycles. The van der Waals surface area contributed by atoms with Gasteiger partial charge >= 0.3 is 0 Å². The minimum absolute atomic E-state index is 0.481. The van der Waals surface area contributed by atoms with Gasteiger partial charge in [-0.15, -0.1) is 0 Å². The Morgan fingerprint density at radius 3 is 2.54 bits per heavy atom. The highest BCUT2D eigenvalue weighted by atomic mass is 16.5. The van der Waals surface area contributed by atoms with Crippen molar-refractivity contribution in [2.45, 2.75) is 44.6 Å². The molecule has 2 aromatic carbocycles. The molecule has 0 amide bonds. The summed E-state index contributed by atoms with van der Waals surface area (Å²) < 4.78 is 5.51. The van der Waals surface area contributed by atoms with Gasteiger partial charge in [-0.2, -0.15) is 0 Å². The lowest BCUT2D eigenvalue weighted by Gasteiger charge is -2.31. The van der Waals surface area contributed by atoms with Crippen LogP contribution in [-0.2, 0) is 0 Å². The minimum Gasteiger partial charge on any atom is -0.497 e. The van der Waals surface area contributed by atoms with Gasteiger partial charge in [0.25, 0.3) is 0 Å². The minimum atomic E-state index is 0.481. The Balaban J connectivity index is 1.78. The van der Waals surface area contributed by atoms with Crippen molar-refractivity contribution >= 4 is 0 Å². The molecule has 0 radical (unpaired) electrons. The topological polar surface area (TPSA) is 21.3 Å². The average molecular weight is 321 g/mol. The lowest BCUT2D eigenvalue weighted by Crippen LogP contribution is -2.32. The number of ether oxygens (including phenoxy) is 1. The maximum Gasteiger partial charge on any atom is 0.119 e. The van der Waals surface area contributed by atoms with E-state index in [1.165, 1.54) is 35.1 Å². The first-order valence-corrected chi connectivity index (χ1v) is 9.20. The zero-order chi connectivity index (χ0) is 16.7. The highest BCUT2D eigenvalue weighted by Crippen LogP contribution is 2.52. The zero-order valence-corrected chi connectivity index (χ0v) is 14.9. The van der Waals surface area contributed by atoms with Gasteiger partial charge < -0.3 is 10.1 Å². The lowest BCUT2D eigenvalue weighted by atomic mass is 9.80. The highest BCUT2D eigenvalue weighted by molar-refractivity contribution is 5.50. The van der Waals surface area contributed by atoms with E-state index in [2.05, 4.69) is 61.6 Å². The van der Waals surface area contributed by atoms with Crippen LogP contribution in [-0.4, -0.2) is 13.7 Å². The van der Waals surface area contributed by atoms with Crippen molar-refractivity contribution in [1.82, 2.24) is 5.32 Å². The number of hydrogen-bond donors (Lipinski definition) is 1. The molecule has 2 aromatic rings. The van der Waals surface area contributed by atoms with E-state index in [-0.39, 0.29) is 0 Å². The van der Waals surface area contributed by atoms with Crippen molar-refractivity contribution in [3.8, 4) is 5.75 Å². The zero-order valence-electron chi connectivity index (χ0n) is 14.9. The molecule has 1 N–H and O–H groups in total. The fourth-order valence-corrected chi connectivity index (χ4v) is 4.59. The van der Waals surface area contributed by atoms with E-state index in [4.69, 9.17) is 4.74 Å². The third-order valence-corrected chi connectivity index (χ3v) is 5.86. The van der Waals surface area contributed by atoms with Crippen LogP contribution in [0.4, 0.5) is 0 Å². The van der Waals surface area contributed by atoms with Crippen molar-refractivity contribution in [1.29, 1.82) is 0 Å². The Hall–Kier alpha value is -1.80. The first-order chi connectivity index (χ1) is 11.7. The Morgan fingerprint density at radius 1 is 1.04 bits per heavy atom. The first kappa shape index (κ1) is 15.7. The molecule has 0 bridgehead atoms. The van der Waals surface area contributed by atoms with E-state index in [1.54, 1.807) is 7.11 Å². The van der Waals surface area contributed by atoms with Crippen molar-refractivity contribution in [3.05, 3.63) is 64.7 Å². The summed E-state index contributed by atoms with van der Waals surface area (Å²) in [5.41, 5.74) is 5.79. The number of nitrogens with one attached hydrogen (secondary N) is 1. The number of piperidine rings is 1. The van der Waals surface area contributed by atoms with Crippen molar-refractivity contribution < 1.29 is 4.74 Å². The summed E-state index contributed by atoms with van der Waals surface area (Å²) in [4.78, 5) is 0. The standard InChI is InChI=1S/C22H27NO/c1-14(2)15-6-8-16(9-7-15)21-19-5-4-12-23-22(19)18-11-10-17(24-3)13-20(18)21/h6-11,13-14,19,21-23H,4-5,12H2,1-3H3/t19-,21+,22+/m0/s1. The number of rotatable bonds is 3. The van der Waals surface area contributed by atoms with Crippen LogP contribution >= 0.6 is 0 Å². The van der Waals surface area contributed by atoms with E-state index >= 15 is 0 Å². The number of fused-ring (bicyclic) bond motifs is 3. The van der Waals surface area contributed by atoms with Gasteiger partial charge in [0, 0.05) is 12.0 Å². The summed E-state index contributed by atoms with van der Waals surface area (Å²) in [5.74, 6) is 2.69. The molecular formula is C22H27NO. The van der Waals surface area contributed by atoms with Gasteiger partial charge in [0.1, 0.15) is 5.75 Å². The second-order valence-electron chi connectivity index (χ2n) is 7.53. The van der Waals surface area contributed by atoms with Gasteiger partial charge in [0.15, 0.2) is 0 Å². The summed E-state index contributed by atoms with van der Waals surface area (Å²) in [7, 11) is 1.76. The van der Waals surface area contributed by atoms with Crippen LogP contribution in [0.2, 0.25) is 0 Å². The van der Waals surface area contributed by atoms with E-state index < -0.39 is 0 Å². The number of benzene rings is 2. The molecule has 0 aromatic heterocycles. The van der Waals surface area contributed by atoms with Gasteiger partial charge in [-0.3, -0.25) is 0 Å². The van der Waals surface area contributed by atoms with E-state index in [9.17, 15) is 0 Å². The summed E-state index contributed by atoms with van der Waals surface area (Å²) in [5, 5.41) is 3.76. The predicted molar refractivity (Wildman–Crippen MR) is 98.8 cm³/mol. The van der Waals surface area contributed by atoms with Crippen LogP contribution in [0.25, 0.3) is 0 Å². The van der Waals surface area contributed by atoms with Crippen LogP contribution in [0.3, 0.4) is 0 Å². The van der Waals surface area contributed by atoms with E-state index in [1.807, 2.05) is 0 Å². The largest absolute Gasteiger partial charge is 0.497 e.